The Kier molecular flexibility index (Phi) is 31.8. The summed E-state index contributed by atoms with van der Waals surface area (Å²) in [7, 11) is -21.4. The Balaban J connectivity index is -0.000000189. The molecule has 0 bridgehead atoms. The Morgan fingerprint density at radius 3 is 0.923 bits per heavy atom. The highest BCUT2D eigenvalue weighted by molar-refractivity contribution is 6.92. The van der Waals surface area contributed by atoms with Crippen molar-refractivity contribution in [1.82, 2.24) is 0 Å². The van der Waals surface area contributed by atoms with E-state index in [4.69, 9.17) is 37.3 Å². The van der Waals surface area contributed by atoms with Gasteiger partial charge in [0.15, 0.2) is 58.2 Å². The van der Waals surface area contributed by atoms with E-state index in [2.05, 4.69) is 157 Å². The molecule has 52 heavy (non-hydrogen) atoms. The van der Waals surface area contributed by atoms with Crippen LogP contribution in [0.1, 0.15) is 29.7 Å². The van der Waals surface area contributed by atoms with E-state index >= 15 is 0 Å². The summed E-state index contributed by atoms with van der Waals surface area (Å²) >= 11 is 0. The minimum absolute atomic E-state index is 0. The SMILES string of the molecule is C.C.C.C.C[SiH2]C[Si](C)(C)OCC[Si](O[Si](C)(C)C)(O[Si](C)(C)C)O[Si](C)(C)C.C[SiH2]O[Si](C)(C)O[Si](O[Si](C)(C)C)(O[Si](C)(C)C)O[Si](C)(C)C. The van der Waals surface area contributed by atoms with Gasteiger partial charge in [0.05, 0.1) is 0 Å². The fourth-order valence-electron chi connectivity index (χ4n) is 4.67. The normalized spacial score (nSPS) is 14.3. The van der Waals surface area contributed by atoms with Crippen LogP contribution < -0.4 is 0 Å². The van der Waals surface area contributed by atoms with E-state index in [1.54, 1.807) is 0 Å². The van der Waals surface area contributed by atoms with Crippen LogP contribution in [0.2, 0.25) is 169 Å². The Bertz CT molecular complexity index is 840. The van der Waals surface area contributed by atoms with Gasteiger partial charge in [0.25, 0.3) is 0 Å². The van der Waals surface area contributed by atoms with Crippen molar-refractivity contribution in [2.24, 2.45) is 0 Å². The molecule has 0 aromatic heterocycles. The zero-order valence-corrected chi connectivity index (χ0v) is 49.0. The molecule has 0 unspecified atom stereocenters. The average Bonchev–Trinajstić information content (AvgIpc) is 2.64. The predicted octanol–water partition coefficient (Wildman–Crippen LogP) is 11.3. The van der Waals surface area contributed by atoms with Gasteiger partial charge in [-0.25, -0.2) is 0 Å². The van der Waals surface area contributed by atoms with Gasteiger partial charge in [0.1, 0.15) is 9.76 Å². The summed E-state index contributed by atoms with van der Waals surface area (Å²) in [6.07, 6.45) is 0. The molecule has 324 valence electrons. The molecule has 0 saturated carbocycles. The van der Waals surface area contributed by atoms with Crippen molar-refractivity contribution in [3.05, 3.63) is 0 Å². The molecule has 0 aliphatic heterocycles. The van der Waals surface area contributed by atoms with E-state index in [1.807, 2.05) is 0 Å². The summed E-state index contributed by atoms with van der Waals surface area (Å²) in [6, 6.07) is 0.799. The first-order valence-corrected chi connectivity index (χ1v) is 52.3. The molecular weight excluding hydrogens is 853 g/mol. The Morgan fingerprint density at radius 1 is 0.404 bits per heavy atom. The van der Waals surface area contributed by atoms with Crippen molar-refractivity contribution >= 4 is 104 Å². The fraction of sp³-hybridized carbons (Fsp3) is 1.00. The summed E-state index contributed by atoms with van der Waals surface area (Å²) in [6.45, 7) is 53.5. The zero-order chi connectivity index (χ0) is 38.9. The average molecular weight is 952 g/mol. The highest BCUT2D eigenvalue weighted by Gasteiger charge is 2.57. The first-order valence-electron chi connectivity index (χ1n) is 18.0. The van der Waals surface area contributed by atoms with Crippen molar-refractivity contribution in [2.45, 2.75) is 199 Å². The molecule has 21 heteroatoms. The molecule has 0 aromatic rings. The second-order valence-electron chi connectivity index (χ2n) is 19.5. The molecule has 0 N–H and O–H groups in total. The van der Waals surface area contributed by atoms with Crippen molar-refractivity contribution in [3.63, 3.8) is 0 Å². The summed E-state index contributed by atoms with van der Waals surface area (Å²) in [4.78, 5) is 0. The van der Waals surface area contributed by atoms with E-state index in [0.29, 0.717) is 0 Å². The minimum atomic E-state index is -3.23. The van der Waals surface area contributed by atoms with Crippen molar-refractivity contribution in [3.8, 4) is 0 Å². The molecule has 0 atom stereocenters. The smallest absolute Gasteiger partial charge is 0.442 e. The number of hydrogen-bond acceptors (Lipinski definition) is 9. The maximum Gasteiger partial charge on any atom is 0.638 e. The van der Waals surface area contributed by atoms with Crippen molar-refractivity contribution in [2.75, 3.05) is 6.61 Å². The third-order valence-corrected chi connectivity index (χ3v) is 42.2. The van der Waals surface area contributed by atoms with Crippen LogP contribution in [0.5, 0.6) is 0 Å². The van der Waals surface area contributed by atoms with Gasteiger partial charge in [-0.2, -0.15) is 0 Å². The van der Waals surface area contributed by atoms with Gasteiger partial charge in [-0.15, -0.1) is 0 Å². The molecular formula is C31H98O9Si12. The first-order chi connectivity index (χ1) is 20.8. The van der Waals surface area contributed by atoms with Gasteiger partial charge in [0, 0.05) is 22.2 Å². The first kappa shape index (κ1) is 66.1. The van der Waals surface area contributed by atoms with Gasteiger partial charge in [-0.05, 0) is 150 Å². The lowest BCUT2D eigenvalue weighted by Crippen LogP contribution is -2.66. The molecule has 0 fully saturated rings. The lowest BCUT2D eigenvalue weighted by atomic mass is 10.9. The van der Waals surface area contributed by atoms with E-state index in [1.165, 1.54) is 5.67 Å². The van der Waals surface area contributed by atoms with Crippen LogP contribution in [-0.4, -0.2) is 111 Å². The summed E-state index contributed by atoms with van der Waals surface area (Å²) in [5.74, 6) is 0. The highest BCUT2D eigenvalue weighted by Crippen LogP contribution is 2.31. The molecule has 0 aliphatic carbocycles. The summed E-state index contributed by atoms with van der Waals surface area (Å²) in [5, 5.41) is 0. The molecule has 9 nitrogen and oxygen atoms in total. The van der Waals surface area contributed by atoms with Gasteiger partial charge in [-0.3, -0.25) is 0 Å². The second kappa shape index (κ2) is 25.0. The van der Waals surface area contributed by atoms with Crippen LogP contribution in [0, 0.1) is 0 Å². The van der Waals surface area contributed by atoms with Gasteiger partial charge >= 0.3 is 26.4 Å². The van der Waals surface area contributed by atoms with Crippen LogP contribution in [0.3, 0.4) is 0 Å². The largest absolute Gasteiger partial charge is 0.638 e. The maximum atomic E-state index is 6.70. The lowest BCUT2D eigenvalue weighted by Gasteiger charge is -2.44. The Labute approximate surface area is 344 Å². The van der Waals surface area contributed by atoms with Crippen molar-refractivity contribution < 1.29 is 37.3 Å². The van der Waals surface area contributed by atoms with Crippen LogP contribution in [-0.2, 0) is 37.3 Å². The monoisotopic (exact) mass is 950 g/mol. The third-order valence-electron chi connectivity index (χ3n) is 5.29. The predicted molar refractivity (Wildman–Crippen MR) is 267 cm³/mol. The molecule has 0 saturated heterocycles. The molecule has 0 aliphatic rings. The van der Waals surface area contributed by atoms with Crippen LogP contribution in [0.15, 0.2) is 0 Å². The van der Waals surface area contributed by atoms with E-state index in [9.17, 15) is 0 Å². The number of hydrogen-bond donors (Lipinski definition) is 0. The van der Waals surface area contributed by atoms with Gasteiger partial charge < -0.3 is 37.3 Å². The molecule has 0 amide bonds. The Hall–Kier alpha value is 2.24. The standard InChI is InChI=1S/C15H44O4Si6.C12H38O5Si6.4CH4/c1-20-15-24(11,12)16-13-14-25(17-21(2,3)4,18-22(5,6)7)19-23(8,9)10;1-18-13-22(11,12)17-23(14-19(2,3)4,15-20(5,6)7)16-21(8,9)10;;;;/h13-15,20H2,1-12H3;18H2,1-12H3;4*1H4. The molecule has 0 aromatic carbocycles. The zero-order valence-electron chi connectivity index (χ0n) is 36.2. The third kappa shape index (κ3) is 37.8. The topological polar surface area (TPSA) is 83.1 Å². The van der Waals surface area contributed by atoms with E-state index in [-0.39, 0.29) is 39.2 Å². The van der Waals surface area contributed by atoms with Crippen LogP contribution in [0.25, 0.3) is 0 Å². The lowest BCUT2D eigenvalue weighted by molar-refractivity contribution is 0.136. The highest BCUT2D eigenvalue weighted by atomic mass is 28.5. The Morgan fingerprint density at radius 2 is 0.692 bits per heavy atom. The quantitative estimate of drug-likeness (QED) is 0.0986. The molecule has 0 radical (unpaired) electrons. The minimum Gasteiger partial charge on any atom is -0.442 e. The van der Waals surface area contributed by atoms with Gasteiger partial charge in [-0.1, -0.05) is 42.8 Å². The second-order valence-corrected chi connectivity index (χ2v) is 64.8. The summed E-state index contributed by atoms with van der Waals surface area (Å²) < 4.78 is 58.6. The molecule has 0 rings (SSSR count). The van der Waals surface area contributed by atoms with E-state index < -0.39 is 94.4 Å². The van der Waals surface area contributed by atoms with Crippen molar-refractivity contribution in [1.29, 1.82) is 0 Å². The number of rotatable bonds is 22. The van der Waals surface area contributed by atoms with Crippen LogP contribution in [0.4, 0.5) is 0 Å². The van der Waals surface area contributed by atoms with E-state index in [0.717, 1.165) is 12.7 Å². The molecule has 0 heterocycles. The summed E-state index contributed by atoms with van der Waals surface area (Å²) in [5.41, 5.74) is 1.33. The fourth-order valence-corrected chi connectivity index (χ4v) is 43.5. The molecule has 0 spiro atoms. The maximum absolute atomic E-state index is 6.70. The van der Waals surface area contributed by atoms with Gasteiger partial charge in [0.2, 0.25) is 0 Å². The van der Waals surface area contributed by atoms with Crippen LogP contribution >= 0.6 is 0 Å².